The average Bonchev–Trinajstić information content (AvgIpc) is 2.74. The number of halogens is 4. The molecule has 0 aliphatic carbocycles. The van der Waals surface area contributed by atoms with Crippen LogP contribution in [0.4, 0.5) is 29.3 Å². The number of amides is 2. The lowest BCUT2D eigenvalue weighted by Gasteiger charge is -2.33. The first-order valence-electron chi connectivity index (χ1n) is 10.2. The van der Waals surface area contributed by atoms with Crippen LogP contribution < -0.4 is 10.2 Å². The Bertz CT molecular complexity index is 993. The summed E-state index contributed by atoms with van der Waals surface area (Å²) >= 11 is 3.25. The molecule has 1 fully saturated rings. The Labute approximate surface area is 197 Å². The second-order valence-electron chi connectivity index (χ2n) is 7.84. The molecule has 1 aliphatic rings. The Hall–Kier alpha value is -2.63. The van der Waals surface area contributed by atoms with Crippen LogP contribution in [0.2, 0.25) is 0 Å². The van der Waals surface area contributed by atoms with Gasteiger partial charge in [0.15, 0.2) is 0 Å². The first-order chi connectivity index (χ1) is 15.5. The number of carbonyl (C=O) groups is 2. The molecule has 1 heterocycles. The van der Waals surface area contributed by atoms with Crippen molar-refractivity contribution < 1.29 is 27.9 Å². The molecule has 0 bridgehead atoms. The molecular formula is C22H24BrF3N4O3. The van der Waals surface area contributed by atoms with Crippen molar-refractivity contribution in [2.75, 3.05) is 50.0 Å². The van der Waals surface area contributed by atoms with Crippen LogP contribution in [0.15, 0.2) is 46.9 Å². The van der Waals surface area contributed by atoms with Gasteiger partial charge in [0.05, 0.1) is 5.56 Å². The number of hydrogen-bond donors (Lipinski definition) is 2. The zero-order valence-corrected chi connectivity index (χ0v) is 19.5. The quantitative estimate of drug-likeness (QED) is 0.583. The summed E-state index contributed by atoms with van der Waals surface area (Å²) in [5.41, 5.74) is -0.468. The van der Waals surface area contributed by atoms with Crippen molar-refractivity contribution in [3.8, 4) is 0 Å². The highest BCUT2D eigenvalue weighted by molar-refractivity contribution is 9.10. The van der Waals surface area contributed by atoms with Crippen LogP contribution >= 0.6 is 15.9 Å². The lowest BCUT2D eigenvalue weighted by atomic mass is 10.0. The van der Waals surface area contributed by atoms with Crippen LogP contribution in [-0.2, 0) is 17.5 Å². The molecule has 7 nitrogen and oxygen atoms in total. The fourth-order valence-corrected chi connectivity index (χ4v) is 3.80. The lowest BCUT2D eigenvalue weighted by molar-refractivity contribution is -0.138. The number of anilines is 2. The number of piperazine rings is 1. The van der Waals surface area contributed by atoms with E-state index in [1.807, 2.05) is 11.9 Å². The largest absolute Gasteiger partial charge is 0.465 e. The van der Waals surface area contributed by atoms with E-state index in [9.17, 15) is 27.9 Å². The normalized spacial score (nSPS) is 15.3. The molecule has 0 aromatic heterocycles. The maximum Gasteiger partial charge on any atom is 0.416 e. The minimum Gasteiger partial charge on any atom is -0.465 e. The van der Waals surface area contributed by atoms with E-state index in [2.05, 4.69) is 26.1 Å². The lowest BCUT2D eigenvalue weighted by Crippen LogP contribution is -2.44. The van der Waals surface area contributed by atoms with Gasteiger partial charge >= 0.3 is 12.3 Å². The van der Waals surface area contributed by atoms with E-state index < -0.39 is 30.3 Å². The Morgan fingerprint density at radius 2 is 1.73 bits per heavy atom. The molecule has 2 N–H and O–H groups in total. The summed E-state index contributed by atoms with van der Waals surface area (Å²) in [6, 6.07) is 9.94. The van der Waals surface area contributed by atoms with Crippen molar-refractivity contribution >= 4 is 39.3 Å². The van der Waals surface area contributed by atoms with Gasteiger partial charge in [0, 0.05) is 48.6 Å². The van der Waals surface area contributed by atoms with Crippen LogP contribution in [-0.4, -0.2) is 66.7 Å². The smallest absolute Gasteiger partial charge is 0.416 e. The molecule has 33 heavy (non-hydrogen) atoms. The highest BCUT2D eigenvalue weighted by Crippen LogP contribution is 2.34. The Kier molecular flexibility index (Phi) is 7.98. The van der Waals surface area contributed by atoms with Crippen molar-refractivity contribution in [1.29, 1.82) is 0 Å². The van der Waals surface area contributed by atoms with Crippen molar-refractivity contribution in [3.63, 3.8) is 0 Å². The summed E-state index contributed by atoms with van der Waals surface area (Å²) in [5.74, 6) is -0.750. The van der Waals surface area contributed by atoms with Gasteiger partial charge in [-0.1, -0.05) is 22.0 Å². The maximum absolute atomic E-state index is 13.7. The summed E-state index contributed by atoms with van der Waals surface area (Å²) in [7, 11) is 1.97. The van der Waals surface area contributed by atoms with Crippen LogP contribution in [0.3, 0.4) is 0 Å². The zero-order valence-electron chi connectivity index (χ0n) is 17.9. The second-order valence-corrected chi connectivity index (χ2v) is 8.76. The molecule has 2 aromatic rings. The molecule has 1 aliphatic heterocycles. The number of likely N-dealkylation sites (N-methyl/N-ethyl adjacent to an activating group) is 1. The standard InChI is InChI=1S/C22H24BrF3N4O3/c1-28-8-10-29(11-9-28)13-15-2-5-17(12-19(15)22(24,25)26)27-20(31)14-30(21(32)33)18-6-3-16(23)4-7-18/h2-7,12H,8-11,13-14H2,1H3,(H,27,31)(H,32,33). The van der Waals surface area contributed by atoms with E-state index in [-0.39, 0.29) is 23.5 Å². The Balaban J connectivity index is 1.73. The van der Waals surface area contributed by atoms with Gasteiger partial charge < -0.3 is 15.3 Å². The zero-order chi connectivity index (χ0) is 24.2. The van der Waals surface area contributed by atoms with E-state index in [0.29, 0.717) is 13.1 Å². The molecule has 2 aromatic carbocycles. The van der Waals surface area contributed by atoms with Crippen LogP contribution in [0.25, 0.3) is 0 Å². The third-order valence-corrected chi connectivity index (χ3v) is 5.89. The highest BCUT2D eigenvalue weighted by atomic mass is 79.9. The highest BCUT2D eigenvalue weighted by Gasteiger charge is 2.34. The Morgan fingerprint density at radius 1 is 1.09 bits per heavy atom. The fourth-order valence-electron chi connectivity index (χ4n) is 3.54. The number of benzene rings is 2. The van der Waals surface area contributed by atoms with Crippen molar-refractivity contribution in [2.24, 2.45) is 0 Å². The molecule has 0 radical (unpaired) electrons. The maximum atomic E-state index is 13.7. The van der Waals surface area contributed by atoms with Gasteiger partial charge in [-0.05, 0) is 49.0 Å². The predicted octanol–water partition coefficient (Wildman–Crippen LogP) is 4.34. The first kappa shape index (κ1) is 25.0. The molecule has 2 amide bonds. The van der Waals surface area contributed by atoms with Crippen molar-refractivity contribution in [1.82, 2.24) is 9.80 Å². The summed E-state index contributed by atoms with van der Waals surface area (Å²) in [5, 5.41) is 11.8. The van der Waals surface area contributed by atoms with Gasteiger partial charge in [0.1, 0.15) is 6.54 Å². The van der Waals surface area contributed by atoms with Gasteiger partial charge in [-0.15, -0.1) is 0 Å². The fraction of sp³-hybridized carbons (Fsp3) is 0.364. The van der Waals surface area contributed by atoms with Crippen LogP contribution in [0, 0.1) is 0 Å². The van der Waals surface area contributed by atoms with Gasteiger partial charge in [-0.25, -0.2) is 4.79 Å². The van der Waals surface area contributed by atoms with Crippen LogP contribution in [0.5, 0.6) is 0 Å². The van der Waals surface area contributed by atoms with Crippen LogP contribution in [0.1, 0.15) is 11.1 Å². The molecule has 0 unspecified atom stereocenters. The molecule has 3 rings (SSSR count). The molecule has 0 spiro atoms. The van der Waals surface area contributed by atoms with Crippen molar-refractivity contribution in [2.45, 2.75) is 12.7 Å². The predicted molar refractivity (Wildman–Crippen MR) is 122 cm³/mol. The molecule has 1 saturated heterocycles. The Morgan fingerprint density at radius 3 is 2.30 bits per heavy atom. The average molecular weight is 529 g/mol. The summed E-state index contributed by atoms with van der Waals surface area (Å²) in [4.78, 5) is 28.9. The minimum atomic E-state index is -4.59. The van der Waals surface area contributed by atoms with E-state index in [4.69, 9.17) is 0 Å². The van der Waals surface area contributed by atoms with E-state index in [1.54, 1.807) is 12.1 Å². The van der Waals surface area contributed by atoms with E-state index in [1.165, 1.54) is 24.3 Å². The number of rotatable bonds is 6. The number of alkyl halides is 3. The van der Waals surface area contributed by atoms with E-state index in [0.717, 1.165) is 28.5 Å². The molecule has 178 valence electrons. The van der Waals surface area contributed by atoms with Gasteiger partial charge in [-0.3, -0.25) is 14.6 Å². The molecule has 11 heteroatoms. The van der Waals surface area contributed by atoms with Crippen molar-refractivity contribution in [3.05, 3.63) is 58.1 Å². The topological polar surface area (TPSA) is 76.1 Å². The number of carboxylic acid groups (broad SMARTS) is 1. The SMILES string of the molecule is CN1CCN(Cc2ccc(NC(=O)CN(C(=O)O)c3ccc(Br)cc3)cc2C(F)(F)F)CC1. The summed E-state index contributed by atoms with van der Waals surface area (Å²) in [6.07, 6.45) is -5.95. The molecule has 0 atom stereocenters. The number of carbonyl (C=O) groups excluding carboxylic acids is 1. The van der Waals surface area contributed by atoms with Gasteiger partial charge in [0.2, 0.25) is 5.91 Å². The molecular weight excluding hydrogens is 505 g/mol. The molecule has 0 saturated carbocycles. The van der Waals surface area contributed by atoms with Gasteiger partial charge in [0.25, 0.3) is 0 Å². The number of hydrogen-bond acceptors (Lipinski definition) is 4. The van der Waals surface area contributed by atoms with E-state index >= 15 is 0 Å². The number of nitrogens with zero attached hydrogens (tertiary/aromatic N) is 3. The monoisotopic (exact) mass is 528 g/mol. The summed E-state index contributed by atoms with van der Waals surface area (Å²) < 4.78 is 41.9. The third-order valence-electron chi connectivity index (χ3n) is 5.36. The third kappa shape index (κ3) is 6.92. The minimum absolute atomic E-state index is 0.0457. The first-order valence-corrected chi connectivity index (χ1v) is 11.0. The number of nitrogens with one attached hydrogen (secondary N) is 1. The second kappa shape index (κ2) is 10.5. The summed E-state index contributed by atoms with van der Waals surface area (Å²) in [6.45, 7) is 2.51. The van der Waals surface area contributed by atoms with Gasteiger partial charge in [-0.2, -0.15) is 13.2 Å².